The number of aliphatic hydroxyl groups excluding tert-OH is 1. The molecule has 1 rings (SSSR count). The fourth-order valence-electron chi connectivity index (χ4n) is 1.80. The van der Waals surface area contributed by atoms with Crippen molar-refractivity contribution in [2.24, 2.45) is 0 Å². The highest BCUT2D eigenvalue weighted by Crippen LogP contribution is 2.32. The van der Waals surface area contributed by atoms with Gasteiger partial charge in [-0.25, -0.2) is 0 Å². The number of aliphatic hydroxyl groups is 1. The Bertz CT molecular complexity index is 537. The molecule has 1 aliphatic rings. The first kappa shape index (κ1) is 16.9. The largest absolute Gasteiger partial charge is 0.468 e. The lowest BCUT2D eigenvalue weighted by Crippen LogP contribution is -2.32. The number of carbonyl (C=O) groups is 2. The molecule has 0 aromatic carbocycles. The Morgan fingerprint density at radius 2 is 2.10 bits per heavy atom. The number of hydrogen-bond donors (Lipinski definition) is 1. The van der Waals surface area contributed by atoms with Crippen LogP contribution in [0.15, 0.2) is 48.0 Å². The van der Waals surface area contributed by atoms with Gasteiger partial charge in [0.05, 0.1) is 13.2 Å². The highest BCUT2D eigenvalue weighted by Gasteiger charge is 2.47. The third-order valence-corrected chi connectivity index (χ3v) is 2.85. The molecule has 0 aromatic heterocycles. The Balaban J connectivity index is 3.01. The van der Waals surface area contributed by atoms with Crippen LogP contribution in [-0.4, -0.2) is 35.5 Å². The fourth-order valence-corrected chi connectivity index (χ4v) is 1.80. The molecule has 114 valence electrons. The number of Topliss-reactive ketones (excluding diaryl/α,β-unsaturated/α-hetero) is 1. The van der Waals surface area contributed by atoms with Gasteiger partial charge in [0, 0.05) is 0 Å². The maximum atomic E-state index is 12.4. The molecular weight excluding hydrogens is 272 g/mol. The second-order valence-electron chi connectivity index (χ2n) is 4.75. The molecule has 1 aliphatic heterocycles. The monoisotopic (exact) mass is 292 g/mol. The van der Waals surface area contributed by atoms with Crippen molar-refractivity contribution in [3.63, 3.8) is 0 Å². The zero-order chi connectivity index (χ0) is 16.0. The SMILES string of the molecule is C/C=C/C(=O)C1=C(OC)OC(C)(/C=C/C=C/C(C)O)C1=O. The summed E-state index contributed by atoms with van der Waals surface area (Å²) in [4.78, 5) is 24.3. The second kappa shape index (κ2) is 7.04. The van der Waals surface area contributed by atoms with E-state index in [9.17, 15) is 9.59 Å². The predicted molar refractivity (Wildman–Crippen MR) is 78.3 cm³/mol. The summed E-state index contributed by atoms with van der Waals surface area (Å²) in [5.41, 5.74) is -1.39. The summed E-state index contributed by atoms with van der Waals surface area (Å²) in [6, 6.07) is 0. The van der Waals surface area contributed by atoms with Crippen LogP contribution in [0.25, 0.3) is 0 Å². The molecule has 0 aromatic rings. The van der Waals surface area contributed by atoms with Crippen LogP contribution < -0.4 is 0 Å². The molecule has 0 aliphatic carbocycles. The maximum absolute atomic E-state index is 12.4. The smallest absolute Gasteiger partial charge is 0.295 e. The number of ether oxygens (including phenoxy) is 2. The molecule has 1 heterocycles. The Morgan fingerprint density at radius 1 is 1.43 bits per heavy atom. The zero-order valence-corrected chi connectivity index (χ0v) is 12.6. The van der Waals surface area contributed by atoms with Crippen LogP contribution >= 0.6 is 0 Å². The van der Waals surface area contributed by atoms with Crippen molar-refractivity contribution in [1.29, 1.82) is 0 Å². The summed E-state index contributed by atoms with van der Waals surface area (Å²) in [6.45, 7) is 4.85. The van der Waals surface area contributed by atoms with Crippen molar-refractivity contribution in [2.75, 3.05) is 7.11 Å². The van der Waals surface area contributed by atoms with Gasteiger partial charge in [-0.15, -0.1) is 0 Å². The van der Waals surface area contributed by atoms with Gasteiger partial charge in [-0.2, -0.15) is 0 Å². The first-order valence-electron chi connectivity index (χ1n) is 6.59. The average molecular weight is 292 g/mol. The molecule has 0 saturated carbocycles. The topological polar surface area (TPSA) is 72.8 Å². The minimum atomic E-state index is -1.29. The summed E-state index contributed by atoms with van der Waals surface area (Å²) < 4.78 is 10.5. The molecule has 0 radical (unpaired) electrons. The molecule has 0 saturated heterocycles. The highest BCUT2D eigenvalue weighted by atomic mass is 16.7. The quantitative estimate of drug-likeness (QED) is 0.459. The van der Waals surface area contributed by atoms with Gasteiger partial charge in [0.25, 0.3) is 5.95 Å². The molecule has 5 nitrogen and oxygen atoms in total. The molecule has 2 atom stereocenters. The predicted octanol–water partition coefficient (Wildman–Crippen LogP) is 1.84. The van der Waals surface area contributed by atoms with Crippen molar-refractivity contribution >= 4 is 11.6 Å². The van der Waals surface area contributed by atoms with Crippen molar-refractivity contribution in [3.05, 3.63) is 48.0 Å². The van der Waals surface area contributed by atoms with E-state index in [1.807, 2.05) is 0 Å². The van der Waals surface area contributed by atoms with E-state index in [0.29, 0.717) is 0 Å². The number of ketones is 2. The van der Waals surface area contributed by atoms with Crippen LogP contribution in [-0.2, 0) is 19.1 Å². The number of rotatable bonds is 6. The van der Waals surface area contributed by atoms with Gasteiger partial charge in [-0.05, 0) is 32.9 Å². The van der Waals surface area contributed by atoms with Crippen LogP contribution in [0.4, 0.5) is 0 Å². The normalized spacial score (nSPS) is 24.3. The molecule has 0 amide bonds. The number of allylic oxidation sites excluding steroid dienone is 4. The number of hydrogen-bond acceptors (Lipinski definition) is 5. The molecular formula is C16H20O5. The van der Waals surface area contributed by atoms with E-state index >= 15 is 0 Å². The van der Waals surface area contributed by atoms with E-state index < -0.39 is 23.3 Å². The summed E-state index contributed by atoms with van der Waals surface area (Å²) in [6.07, 6.45) is 8.51. The summed E-state index contributed by atoms with van der Waals surface area (Å²) in [5.74, 6) is -0.977. The minimum absolute atomic E-state index is 0.0743. The van der Waals surface area contributed by atoms with Gasteiger partial charge < -0.3 is 14.6 Å². The Morgan fingerprint density at radius 3 is 2.62 bits per heavy atom. The second-order valence-corrected chi connectivity index (χ2v) is 4.75. The lowest BCUT2D eigenvalue weighted by molar-refractivity contribution is -0.128. The lowest BCUT2D eigenvalue weighted by atomic mass is 9.94. The van der Waals surface area contributed by atoms with E-state index in [2.05, 4.69) is 0 Å². The third kappa shape index (κ3) is 3.92. The first-order valence-corrected chi connectivity index (χ1v) is 6.59. The van der Waals surface area contributed by atoms with Crippen molar-refractivity contribution in [1.82, 2.24) is 0 Å². The lowest BCUT2D eigenvalue weighted by Gasteiger charge is -2.18. The number of methoxy groups -OCH3 is 1. The van der Waals surface area contributed by atoms with E-state index in [1.165, 1.54) is 19.3 Å². The van der Waals surface area contributed by atoms with Gasteiger partial charge in [0.15, 0.2) is 11.4 Å². The van der Waals surface area contributed by atoms with Crippen LogP contribution in [0.5, 0.6) is 0 Å². The highest BCUT2D eigenvalue weighted by molar-refractivity contribution is 6.28. The Hall–Kier alpha value is -2.14. The van der Waals surface area contributed by atoms with E-state index in [1.54, 1.807) is 45.1 Å². The van der Waals surface area contributed by atoms with E-state index in [-0.39, 0.29) is 11.5 Å². The summed E-state index contributed by atoms with van der Waals surface area (Å²) in [7, 11) is 1.34. The Kier molecular flexibility index (Phi) is 5.67. The fraction of sp³-hybridized carbons (Fsp3) is 0.375. The first-order chi connectivity index (χ1) is 9.85. The van der Waals surface area contributed by atoms with Crippen molar-refractivity contribution in [3.8, 4) is 0 Å². The van der Waals surface area contributed by atoms with Gasteiger partial charge in [0.1, 0.15) is 5.57 Å². The molecule has 0 spiro atoms. The van der Waals surface area contributed by atoms with E-state index in [0.717, 1.165) is 0 Å². The molecule has 1 N–H and O–H groups in total. The zero-order valence-electron chi connectivity index (χ0n) is 12.6. The number of carbonyl (C=O) groups excluding carboxylic acids is 2. The molecule has 5 heteroatoms. The van der Waals surface area contributed by atoms with Gasteiger partial charge >= 0.3 is 0 Å². The van der Waals surface area contributed by atoms with Gasteiger partial charge in [-0.3, -0.25) is 9.59 Å². The summed E-state index contributed by atoms with van der Waals surface area (Å²) >= 11 is 0. The third-order valence-electron chi connectivity index (χ3n) is 2.85. The average Bonchev–Trinajstić information content (AvgIpc) is 2.67. The van der Waals surface area contributed by atoms with Crippen LogP contribution in [0.3, 0.4) is 0 Å². The standard InChI is InChI=1S/C16H20O5/c1-5-8-12(18)13-14(19)16(3,21-15(13)20-4)10-7-6-9-11(2)17/h5-11,17H,1-4H3/b8-5+,9-6+,10-7+. The van der Waals surface area contributed by atoms with Crippen LogP contribution in [0.2, 0.25) is 0 Å². The van der Waals surface area contributed by atoms with Crippen LogP contribution in [0.1, 0.15) is 20.8 Å². The Labute approximate surface area is 124 Å². The molecule has 21 heavy (non-hydrogen) atoms. The molecule has 2 unspecified atom stereocenters. The molecule has 0 fully saturated rings. The minimum Gasteiger partial charge on any atom is -0.468 e. The van der Waals surface area contributed by atoms with Crippen molar-refractivity contribution < 1.29 is 24.2 Å². The maximum Gasteiger partial charge on any atom is 0.295 e. The molecule has 0 bridgehead atoms. The van der Waals surface area contributed by atoms with Crippen LogP contribution in [0, 0.1) is 0 Å². The van der Waals surface area contributed by atoms with E-state index in [4.69, 9.17) is 14.6 Å². The van der Waals surface area contributed by atoms with Gasteiger partial charge in [-0.1, -0.05) is 24.3 Å². The van der Waals surface area contributed by atoms with Crippen molar-refractivity contribution in [2.45, 2.75) is 32.5 Å². The summed E-state index contributed by atoms with van der Waals surface area (Å²) in [5, 5.41) is 9.12. The van der Waals surface area contributed by atoms with Gasteiger partial charge in [0.2, 0.25) is 5.78 Å².